The first-order valence-electron chi connectivity index (χ1n) is 10.7. The van der Waals surface area contributed by atoms with Crippen LogP contribution in [0.2, 0.25) is 0 Å². The maximum atomic E-state index is 13.3. The summed E-state index contributed by atoms with van der Waals surface area (Å²) in [5.74, 6) is 0.121. The average Bonchev–Trinajstić information content (AvgIpc) is 2.78. The molecular weight excluding hydrogens is 448 g/mol. The van der Waals surface area contributed by atoms with Gasteiger partial charge in [-0.05, 0) is 65.7 Å². The Bertz CT molecular complexity index is 1290. The minimum Gasteiger partial charge on any atom is -0.507 e. The fraction of sp³-hybridized carbons (Fsp3) is 0.148. The van der Waals surface area contributed by atoms with Gasteiger partial charge in [-0.25, -0.2) is 0 Å². The predicted octanol–water partition coefficient (Wildman–Crippen LogP) is 5.31. The topological polar surface area (TPSA) is 78.9 Å². The zero-order chi connectivity index (χ0) is 24.5. The lowest BCUT2D eigenvalue weighted by atomic mass is 9.85. The van der Waals surface area contributed by atoms with Gasteiger partial charge < -0.3 is 9.84 Å². The Morgan fingerprint density at radius 3 is 2.21 bits per heavy atom. The number of benzene rings is 3. The summed E-state index contributed by atoms with van der Waals surface area (Å²) in [5, 5.41) is 13.3. The Labute approximate surface area is 203 Å². The van der Waals surface area contributed by atoms with Crippen molar-refractivity contribution in [3.8, 4) is 17.2 Å². The van der Waals surface area contributed by atoms with E-state index in [2.05, 4.69) is 5.32 Å². The number of ether oxygens (including phenoxy) is 1. The number of aromatic hydroxyl groups is 1. The van der Waals surface area contributed by atoms with E-state index >= 15 is 0 Å². The molecule has 6 nitrogen and oxygen atoms in total. The first-order chi connectivity index (χ1) is 16.1. The van der Waals surface area contributed by atoms with Crippen LogP contribution in [-0.4, -0.2) is 22.0 Å². The van der Waals surface area contributed by atoms with Gasteiger partial charge in [-0.2, -0.15) is 0 Å². The van der Waals surface area contributed by atoms with Crippen LogP contribution < -0.4 is 15.0 Å². The summed E-state index contributed by atoms with van der Waals surface area (Å²) in [4.78, 5) is 27.2. The largest absolute Gasteiger partial charge is 0.507 e. The Balaban J connectivity index is 1.64. The van der Waals surface area contributed by atoms with Gasteiger partial charge in [0.25, 0.3) is 11.8 Å². The molecule has 34 heavy (non-hydrogen) atoms. The number of carbonyl (C=O) groups excluding carboxylic acids is 2. The second-order valence-corrected chi connectivity index (χ2v) is 9.25. The quantitative estimate of drug-likeness (QED) is 0.306. The fourth-order valence-electron chi connectivity index (χ4n) is 3.62. The molecule has 4 rings (SSSR count). The van der Waals surface area contributed by atoms with Crippen molar-refractivity contribution in [1.29, 1.82) is 0 Å². The SMILES string of the molecule is CC(C)(C)c1cccc(/C=C2\C(=O)NC(=S)N(c3ccc(Oc4ccccc4)cc3)C2=O)c1O. The summed E-state index contributed by atoms with van der Waals surface area (Å²) >= 11 is 5.28. The molecule has 2 N–H and O–H groups in total. The van der Waals surface area contributed by atoms with Crippen molar-refractivity contribution in [2.24, 2.45) is 0 Å². The average molecular weight is 473 g/mol. The second kappa shape index (κ2) is 9.11. The molecule has 0 bridgehead atoms. The van der Waals surface area contributed by atoms with Gasteiger partial charge in [0, 0.05) is 5.56 Å². The van der Waals surface area contributed by atoms with Gasteiger partial charge in [-0.3, -0.25) is 19.8 Å². The molecule has 7 heteroatoms. The van der Waals surface area contributed by atoms with Gasteiger partial charge in [0.05, 0.1) is 5.69 Å². The normalized spacial score (nSPS) is 15.4. The van der Waals surface area contributed by atoms with Gasteiger partial charge >= 0.3 is 0 Å². The Morgan fingerprint density at radius 2 is 1.56 bits per heavy atom. The lowest BCUT2D eigenvalue weighted by Gasteiger charge is -2.29. The highest BCUT2D eigenvalue weighted by Gasteiger charge is 2.35. The zero-order valence-electron chi connectivity index (χ0n) is 19.0. The van der Waals surface area contributed by atoms with Crippen molar-refractivity contribution < 1.29 is 19.4 Å². The number of para-hydroxylation sites is 2. The monoisotopic (exact) mass is 472 g/mol. The number of nitrogens with one attached hydrogen (secondary N) is 1. The van der Waals surface area contributed by atoms with Gasteiger partial charge in [0.15, 0.2) is 5.11 Å². The summed E-state index contributed by atoms with van der Waals surface area (Å²) in [5.41, 5.74) is 1.14. The van der Waals surface area contributed by atoms with Crippen LogP contribution in [0.25, 0.3) is 6.08 Å². The highest BCUT2D eigenvalue weighted by molar-refractivity contribution is 7.80. The Hall–Kier alpha value is -3.97. The van der Waals surface area contributed by atoms with E-state index < -0.39 is 11.8 Å². The molecule has 1 heterocycles. The van der Waals surface area contributed by atoms with Crippen molar-refractivity contribution in [3.63, 3.8) is 0 Å². The predicted molar refractivity (Wildman–Crippen MR) is 136 cm³/mol. The maximum absolute atomic E-state index is 13.3. The molecule has 0 aliphatic carbocycles. The number of anilines is 1. The highest BCUT2D eigenvalue weighted by atomic mass is 32.1. The Kier molecular flexibility index (Phi) is 6.22. The highest BCUT2D eigenvalue weighted by Crippen LogP contribution is 2.35. The van der Waals surface area contributed by atoms with E-state index in [0.717, 1.165) is 0 Å². The molecule has 0 aromatic heterocycles. The lowest BCUT2D eigenvalue weighted by Crippen LogP contribution is -2.54. The fourth-order valence-corrected chi connectivity index (χ4v) is 3.90. The van der Waals surface area contributed by atoms with Crippen LogP contribution in [0, 0.1) is 0 Å². The van der Waals surface area contributed by atoms with Gasteiger partial charge in [0.1, 0.15) is 22.8 Å². The molecule has 0 unspecified atom stereocenters. The van der Waals surface area contributed by atoms with Crippen molar-refractivity contribution in [2.45, 2.75) is 26.2 Å². The molecule has 1 fully saturated rings. The van der Waals surface area contributed by atoms with Crippen molar-refractivity contribution in [2.75, 3.05) is 4.90 Å². The third-order valence-corrected chi connectivity index (χ3v) is 5.64. The summed E-state index contributed by atoms with van der Waals surface area (Å²) in [7, 11) is 0. The minimum atomic E-state index is -0.615. The van der Waals surface area contributed by atoms with Crippen molar-refractivity contribution >= 4 is 40.9 Å². The molecular formula is C27H24N2O4S. The van der Waals surface area contributed by atoms with Gasteiger partial charge in [0.2, 0.25) is 0 Å². The van der Waals surface area contributed by atoms with Gasteiger partial charge in [-0.1, -0.05) is 57.2 Å². The van der Waals surface area contributed by atoms with Crippen LogP contribution in [0.5, 0.6) is 17.2 Å². The summed E-state index contributed by atoms with van der Waals surface area (Å²) in [6, 6.07) is 21.4. The maximum Gasteiger partial charge on any atom is 0.270 e. The molecule has 0 spiro atoms. The van der Waals surface area contributed by atoms with E-state index in [9.17, 15) is 14.7 Å². The number of hydrogen-bond acceptors (Lipinski definition) is 5. The van der Waals surface area contributed by atoms with E-state index in [1.807, 2.05) is 57.2 Å². The minimum absolute atomic E-state index is 0.0171. The van der Waals surface area contributed by atoms with E-state index in [4.69, 9.17) is 17.0 Å². The van der Waals surface area contributed by atoms with E-state index in [0.29, 0.717) is 28.3 Å². The van der Waals surface area contributed by atoms with Crippen LogP contribution in [-0.2, 0) is 15.0 Å². The van der Waals surface area contributed by atoms with Crippen LogP contribution in [0.4, 0.5) is 5.69 Å². The zero-order valence-corrected chi connectivity index (χ0v) is 19.8. The number of amides is 2. The molecule has 1 aliphatic heterocycles. The summed E-state index contributed by atoms with van der Waals surface area (Å²) in [6.45, 7) is 5.92. The number of phenols is 1. The number of carbonyl (C=O) groups is 2. The first-order valence-corrected chi connectivity index (χ1v) is 11.1. The lowest BCUT2D eigenvalue weighted by molar-refractivity contribution is -0.122. The van der Waals surface area contributed by atoms with E-state index in [-0.39, 0.29) is 21.9 Å². The third kappa shape index (κ3) is 4.70. The number of phenolic OH excluding ortho intramolecular Hbond substituents is 1. The number of rotatable bonds is 4. The third-order valence-electron chi connectivity index (χ3n) is 5.35. The standard InChI is InChI=1S/C27H24N2O4S/c1-27(2,3)22-11-7-8-17(23(22)30)16-21-24(31)28-26(34)29(25(21)32)18-12-14-20(15-13-18)33-19-9-5-4-6-10-19/h4-16,30H,1-3H3,(H,28,31,34)/b21-16+. The smallest absolute Gasteiger partial charge is 0.270 e. The molecule has 3 aromatic rings. The molecule has 1 aliphatic rings. The molecule has 0 radical (unpaired) electrons. The van der Waals surface area contributed by atoms with E-state index in [1.54, 1.807) is 36.4 Å². The molecule has 172 valence electrons. The van der Waals surface area contributed by atoms with Crippen LogP contribution in [0.1, 0.15) is 31.9 Å². The summed E-state index contributed by atoms with van der Waals surface area (Å²) in [6.07, 6.45) is 1.39. The summed E-state index contributed by atoms with van der Waals surface area (Å²) < 4.78 is 5.80. The number of nitrogens with zero attached hydrogens (tertiary/aromatic N) is 1. The van der Waals surface area contributed by atoms with Crippen molar-refractivity contribution in [3.05, 3.63) is 89.5 Å². The molecule has 2 amide bonds. The molecule has 1 saturated heterocycles. The van der Waals surface area contributed by atoms with Crippen LogP contribution in [0.15, 0.2) is 78.4 Å². The first kappa shape index (κ1) is 23.2. The molecule has 0 saturated carbocycles. The number of hydrogen-bond donors (Lipinski definition) is 2. The van der Waals surface area contributed by atoms with E-state index in [1.165, 1.54) is 11.0 Å². The Morgan fingerprint density at radius 1 is 0.912 bits per heavy atom. The van der Waals surface area contributed by atoms with Gasteiger partial charge in [-0.15, -0.1) is 0 Å². The second-order valence-electron chi connectivity index (χ2n) is 8.86. The van der Waals surface area contributed by atoms with Crippen molar-refractivity contribution in [1.82, 2.24) is 5.32 Å². The molecule has 3 aromatic carbocycles. The van der Waals surface area contributed by atoms with Crippen LogP contribution >= 0.6 is 12.2 Å². The van der Waals surface area contributed by atoms with Crippen LogP contribution in [0.3, 0.4) is 0 Å². The molecule has 0 atom stereocenters. The number of thiocarbonyl (C=S) groups is 1.